The number of halogens is 1. The number of nitrogens with zero attached hydrogens (tertiary/aromatic N) is 1. The molecule has 0 bridgehead atoms. The van der Waals surface area contributed by atoms with Crippen LogP contribution in [0.3, 0.4) is 0 Å². The van der Waals surface area contributed by atoms with E-state index in [1.165, 1.54) is 10.6 Å². The first-order valence-electron chi connectivity index (χ1n) is 7.05. The summed E-state index contributed by atoms with van der Waals surface area (Å²) >= 11 is 3.37. The fourth-order valence-corrected chi connectivity index (χ4v) is 3.65. The molecule has 0 aliphatic carbocycles. The van der Waals surface area contributed by atoms with Crippen LogP contribution in [0.4, 0.5) is 5.69 Å². The van der Waals surface area contributed by atoms with Crippen LogP contribution < -0.4 is 13.8 Å². The normalized spacial score (nSPS) is 13.7. The zero-order valence-corrected chi connectivity index (χ0v) is 14.9. The molecule has 0 saturated heterocycles. The average molecular weight is 398 g/mol. The first-order chi connectivity index (χ1) is 10.9. The molecular formula is C16H16BrNO4S. The number of rotatable bonds is 4. The lowest BCUT2D eigenvalue weighted by Crippen LogP contribution is -2.29. The minimum absolute atomic E-state index is 0.228. The van der Waals surface area contributed by atoms with Crippen LogP contribution in [0.2, 0.25) is 0 Å². The Bertz CT molecular complexity index is 823. The quantitative estimate of drug-likeness (QED) is 0.794. The Kier molecular flexibility index (Phi) is 4.50. The Labute approximate surface area is 144 Å². The van der Waals surface area contributed by atoms with E-state index in [9.17, 15) is 8.42 Å². The summed E-state index contributed by atoms with van der Waals surface area (Å²) in [5.41, 5.74) is 1.44. The number of hydrogen-bond acceptors (Lipinski definition) is 4. The lowest BCUT2D eigenvalue weighted by Gasteiger charge is -2.24. The molecule has 0 radical (unpaired) electrons. The molecule has 0 spiro atoms. The standard InChI is InChI=1S/C16H16BrNO4S/c1-23(19,20)18(14-4-2-3-13(17)10-14)11-12-5-6-15-16(9-12)22-8-7-21-15/h2-6,9-10H,7-8,11H2,1H3. The van der Waals surface area contributed by atoms with Crippen molar-refractivity contribution in [3.8, 4) is 11.5 Å². The fraction of sp³-hybridized carbons (Fsp3) is 0.250. The monoisotopic (exact) mass is 397 g/mol. The molecule has 0 saturated carbocycles. The molecule has 2 aromatic rings. The van der Waals surface area contributed by atoms with Crippen molar-refractivity contribution in [3.63, 3.8) is 0 Å². The highest BCUT2D eigenvalue weighted by Crippen LogP contribution is 2.32. The van der Waals surface area contributed by atoms with Gasteiger partial charge in [-0.1, -0.05) is 28.1 Å². The maximum absolute atomic E-state index is 12.2. The van der Waals surface area contributed by atoms with Crippen molar-refractivity contribution >= 4 is 31.6 Å². The third-order valence-electron chi connectivity index (χ3n) is 3.43. The zero-order chi connectivity index (χ0) is 16.4. The number of ether oxygens (including phenoxy) is 2. The van der Waals surface area contributed by atoms with Crippen molar-refractivity contribution in [3.05, 3.63) is 52.5 Å². The summed E-state index contributed by atoms with van der Waals surface area (Å²) in [6, 6.07) is 12.7. The van der Waals surface area contributed by atoms with E-state index >= 15 is 0 Å². The summed E-state index contributed by atoms with van der Waals surface area (Å²) in [6.45, 7) is 1.25. The third kappa shape index (κ3) is 3.79. The molecule has 1 heterocycles. The summed E-state index contributed by atoms with van der Waals surface area (Å²) in [7, 11) is -3.41. The van der Waals surface area contributed by atoms with Crippen LogP contribution in [0.25, 0.3) is 0 Å². The highest BCUT2D eigenvalue weighted by Gasteiger charge is 2.20. The predicted octanol–water partition coefficient (Wildman–Crippen LogP) is 3.19. The minimum atomic E-state index is -3.41. The molecule has 0 atom stereocenters. The first-order valence-corrected chi connectivity index (χ1v) is 9.69. The number of hydrogen-bond donors (Lipinski definition) is 0. The molecule has 0 amide bonds. The Morgan fingerprint density at radius 3 is 2.52 bits per heavy atom. The molecule has 0 aromatic heterocycles. The first kappa shape index (κ1) is 16.1. The van der Waals surface area contributed by atoms with Gasteiger partial charge in [0, 0.05) is 4.47 Å². The smallest absolute Gasteiger partial charge is 0.232 e. The Balaban J connectivity index is 1.93. The summed E-state index contributed by atoms with van der Waals surface area (Å²) in [5, 5.41) is 0. The van der Waals surface area contributed by atoms with Gasteiger partial charge < -0.3 is 9.47 Å². The van der Waals surface area contributed by atoms with E-state index < -0.39 is 10.0 Å². The average Bonchev–Trinajstić information content (AvgIpc) is 2.51. The molecule has 122 valence electrons. The van der Waals surface area contributed by atoms with E-state index in [2.05, 4.69) is 15.9 Å². The SMILES string of the molecule is CS(=O)(=O)N(Cc1ccc2c(c1)OCCO2)c1cccc(Br)c1. The highest BCUT2D eigenvalue weighted by atomic mass is 79.9. The van der Waals surface area contributed by atoms with Crippen molar-refractivity contribution < 1.29 is 17.9 Å². The number of sulfonamides is 1. The maximum atomic E-state index is 12.2. The largest absolute Gasteiger partial charge is 0.486 e. The van der Waals surface area contributed by atoms with E-state index in [-0.39, 0.29) is 6.54 Å². The maximum Gasteiger partial charge on any atom is 0.232 e. The summed E-state index contributed by atoms with van der Waals surface area (Å²) in [6.07, 6.45) is 1.20. The summed E-state index contributed by atoms with van der Waals surface area (Å²) in [5.74, 6) is 1.34. The molecule has 5 nitrogen and oxygen atoms in total. The summed E-state index contributed by atoms with van der Waals surface area (Å²) < 4.78 is 37.6. The Morgan fingerprint density at radius 2 is 1.83 bits per heavy atom. The van der Waals surface area contributed by atoms with E-state index in [0.29, 0.717) is 30.4 Å². The van der Waals surface area contributed by atoms with E-state index in [1.807, 2.05) is 24.3 Å². The second-order valence-electron chi connectivity index (χ2n) is 5.23. The van der Waals surface area contributed by atoms with Gasteiger partial charge in [-0.15, -0.1) is 0 Å². The van der Waals surface area contributed by atoms with Crippen molar-refractivity contribution in [2.75, 3.05) is 23.8 Å². The van der Waals surface area contributed by atoms with Gasteiger partial charge in [0.1, 0.15) is 13.2 Å². The highest BCUT2D eigenvalue weighted by molar-refractivity contribution is 9.10. The molecule has 7 heteroatoms. The number of fused-ring (bicyclic) bond motifs is 1. The van der Waals surface area contributed by atoms with Gasteiger partial charge >= 0.3 is 0 Å². The van der Waals surface area contributed by atoms with Gasteiger partial charge in [-0.25, -0.2) is 8.42 Å². The van der Waals surface area contributed by atoms with E-state index in [0.717, 1.165) is 10.0 Å². The molecule has 0 fully saturated rings. The van der Waals surface area contributed by atoms with Gasteiger partial charge in [-0.05, 0) is 35.9 Å². The van der Waals surface area contributed by atoms with E-state index in [4.69, 9.17) is 9.47 Å². The molecular weight excluding hydrogens is 382 g/mol. The van der Waals surface area contributed by atoms with Gasteiger partial charge in [0.25, 0.3) is 0 Å². The van der Waals surface area contributed by atoms with Crippen molar-refractivity contribution in [2.45, 2.75) is 6.54 Å². The van der Waals surface area contributed by atoms with Crippen LogP contribution in [0.5, 0.6) is 11.5 Å². The minimum Gasteiger partial charge on any atom is -0.486 e. The molecule has 0 unspecified atom stereocenters. The van der Waals surface area contributed by atoms with Gasteiger partial charge in [0.2, 0.25) is 10.0 Å². The van der Waals surface area contributed by atoms with Crippen LogP contribution in [-0.4, -0.2) is 27.9 Å². The van der Waals surface area contributed by atoms with Crippen molar-refractivity contribution in [1.82, 2.24) is 0 Å². The molecule has 23 heavy (non-hydrogen) atoms. The van der Waals surface area contributed by atoms with Crippen molar-refractivity contribution in [2.24, 2.45) is 0 Å². The number of anilines is 1. The van der Waals surface area contributed by atoms with Gasteiger partial charge in [-0.3, -0.25) is 4.31 Å². The molecule has 3 rings (SSSR count). The topological polar surface area (TPSA) is 55.8 Å². The van der Waals surface area contributed by atoms with Gasteiger partial charge in [0.15, 0.2) is 11.5 Å². The Hall–Kier alpha value is -1.73. The number of benzene rings is 2. The third-order valence-corrected chi connectivity index (χ3v) is 5.06. The second kappa shape index (κ2) is 6.41. The molecule has 0 N–H and O–H groups in total. The van der Waals surface area contributed by atoms with E-state index in [1.54, 1.807) is 18.2 Å². The molecule has 1 aliphatic rings. The summed E-state index contributed by atoms with van der Waals surface area (Å²) in [4.78, 5) is 0. The van der Waals surface area contributed by atoms with Crippen LogP contribution in [0.1, 0.15) is 5.56 Å². The zero-order valence-electron chi connectivity index (χ0n) is 12.5. The van der Waals surface area contributed by atoms with Crippen LogP contribution in [0.15, 0.2) is 46.9 Å². The van der Waals surface area contributed by atoms with Gasteiger partial charge in [0.05, 0.1) is 18.5 Å². The molecule has 1 aliphatic heterocycles. The second-order valence-corrected chi connectivity index (χ2v) is 8.05. The Morgan fingerprint density at radius 1 is 1.09 bits per heavy atom. The van der Waals surface area contributed by atoms with Crippen molar-refractivity contribution in [1.29, 1.82) is 0 Å². The lowest BCUT2D eigenvalue weighted by atomic mass is 10.2. The van der Waals surface area contributed by atoms with Crippen LogP contribution in [-0.2, 0) is 16.6 Å². The predicted molar refractivity (Wildman–Crippen MR) is 92.6 cm³/mol. The molecule has 2 aromatic carbocycles. The van der Waals surface area contributed by atoms with Crippen LogP contribution >= 0.6 is 15.9 Å². The van der Waals surface area contributed by atoms with Crippen LogP contribution in [0, 0.1) is 0 Å². The lowest BCUT2D eigenvalue weighted by molar-refractivity contribution is 0.171. The fourth-order valence-electron chi connectivity index (χ4n) is 2.38. The van der Waals surface area contributed by atoms with Gasteiger partial charge in [-0.2, -0.15) is 0 Å².